The molecule has 18 heavy (non-hydrogen) atoms. The summed E-state index contributed by atoms with van der Waals surface area (Å²) >= 11 is 0. The molecule has 0 spiro atoms. The zero-order valence-corrected chi connectivity index (χ0v) is 11.3. The van der Waals surface area contributed by atoms with Crippen LogP contribution in [0.1, 0.15) is 5.69 Å². The maximum absolute atomic E-state index is 11.5. The first kappa shape index (κ1) is 14.6. The van der Waals surface area contributed by atoms with Gasteiger partial charge in [-0.15, -0.1) is 0 Å². The molecule has 1 aromatic rings. The molecule has 6 nitrogen and oxygen atoms in total. The molecule has 0 aromatic carbocycles. The molecule has 1 heterocycles. The molecule has 0 radical (unpaired) electrons. The van der Waals surface area contributed by atoms with E-state index in [0.29, 0.717) is 5.69 Å². The van der Waals surface area contributed by atoms with Gasteiger partial charge in [-0.3, -0.25) is 9.78 Å². The highest BCUT2D eigenvalue weighted by Gasteiger charge is 2.10. The van der Waals surface area contributed by atoms with Gasteiger partial charge < -0.3 is 5.32 Å². The van der Waals surface area contributed by atoms with Gasteiger partial charge in [-0.2, -0.15) is 0 Å². The maximum atomic E-state index is 11.5. The van der Waals surface area contributed by atoms with E-state index in [1.807, 2.05) is 6.07 Å². The molecule has 0 aliphatic carbocycles. The van der Waals surface area contributed by atoms with Gasteiger partial charge in [0, 0.05) is 32.0 Å². The van der Waals surface area contributed by atoms with Crippen molar-refractivity contribution in [3.05, 3.63) is 30.1 Å². The number of carbonyl (C=O) groups is 1. The highest BCUT2D eigenvalue weighted by Crippen LogP contribution is 1.94. The topological polar surface area (TPSA) is 79.4 Å². The Balaban J connectivity index is 2.30. The Bertz CT molecular complexity index is 488. The fourth-order valence-electron chi connectivity index (χ4n) is 1.25. The number of pyridine rings is 1. The molecular weight excluding hydrogens is 254 g/mol. The van der Waals surface area contributed by atoms with Gasteiger partial charge >= 0.3 is 0 Å². The van der Waals surface area contributed by atoms with Crippen LogP contribution >= 0.6 is 0 Å². The summed E-state index contributed by atoms with van der Waals surface area (Å²) in [6, 6.07) is 5.36. The maximum Gasteiger partial charge on any atom is 0.226 e. The van der Waals surface area contributed by atoms with Crippen LogP contribution < -0.4 is 5.32 Å². The Morgan fingerprint density at radius 1 is 1.44 bits per heavy atom. The van der Waals surface area contributed by atoms with Gasteiger partial charge in [-0.05, 0) is 12.1 Å². The summed E-state index contributed by atoms with van der Waals surface area (Å²) in [5, 5.41) is 2.65. The summed E-state index contributed by atoms with van der Waals surface area (Å²) in [5.74, 6) is -0.171. The van der Waals surface area contributed by atoms with Crippen molar-refractivity contribution in [2.75, 3.05) is 26.4 Å². The number of nitrogens with zero attached hydrogens (tertiary/aromatic N) is 2. The van der Waals surface area contributed by atoms with Gasteiger partial charge in [-0.1, -0.05) is 6.07 Å². The molecule has 100 valence electrons. The number of hydrogen-bond acceptors (Lipinski definition) is 4. The van der Waals surface area contributed by atoms with Crippen LogP contribution in [-0.2, 0) is 21.2 Å². The summed E-state index contributed by atoms with van der Waals surface area (Å²) in [5.41, 5.74) is 0.687. The number of sulfonamides is 1. The van der Waals surface area contributed by atoms with Crippen LogP contribution in [0.5, 0.6) is 0 Å². The minimum absolute atomic E-state index is 0.171. The summed E-state index contributed by atoms with van der Waals surface area (Å²) in [7, 11) is -1.72. The second-order valence-electron chi connectivity index (χ2n) is 3.93. The van der Waals surface area contributed by atoms with E-state index in [4.69, 9.17) is 0 Å². The highest BCUT2D eigenvalue weighted by molar-refractivity contribution is 7.88. The van der Waals surface area contributed by atoms with E-state index in [-0.39, 0.29) is 25.4 Å². The third kappa shape index (κ3) is 5.24. The fraction of sp³-hybridized carbons (Fsp3) is 0.455. The first-order valence-electron chi connectivity index (χ1n) is 5.47. The Morgan fingerprint density at radius 2 is 2.17 bits per heavy atom. The molecule has 1 aromatic heterocycles. The average molecular weight is 271 g/mol. The molecule has 0 fully saturated rings. The van der Waals surface area contributed by atoms with Gasteiger partial charge in [0.2, 0.25) is 15.9 Å². The van der Waals surface area contributed by atoms with Crippen LogP contribution in [0.2, 0.25) is 0 Å². The number of aromatic nitrogens is 1. The van der Waals surface area contributed by atoms with Crippen LogP contribution in [0.4, 0.5) is 0 Å². The molecule has 0 aliphatic rings. The third-order valence-corrected chi connectivity index (χ3v) is 3.70. The molecule has 7 heteroatoms. The van der Waals surface area contributed by atoms with Gasteiger partial charge in [0.05, 0.1) is 12.7 Å². The first-order chi connectivity index (χ1) is 8.39. The molecule has 0 aliphatic heterocycles. The van der Waals surface area contributed by atoms with Crippen LogP contribution in [-0.4, -0.2) is 50.0 Å². The molecule has 0 saturated carbocycles. The van der Waals surface area contributed by atoms with E-state index >= 15 is 0 Å². The fourth-order valence-corrected chi connectivity index (χ4v) is 1.67. The molecule has 1 rings (SSSR count). The normalized spacial score (nSPS) is 11.5. The van der Waals surface area contributed by atoms with Crippen molar-refractivity contribution in [2.24, 2.45) is 0 Å². The van der Waals surface area contributed by atoms with Gasteiger partial charge in [0.15, 0.2) is 0 Å². The smallest absolute Gasteiger partial charge is 0.226 e. The molecule has 1 amide bonds. The quantitative estimate of drug-likeness (QED) is 0.765. The first-order valence-corrected chi connectivity index (χ1v) is 7.32. The van der Waals surface area contributed by atoms with Gasteiger partial charge in [-0.25, -0.2) is 12.7 Å². The lowest BCUT2D eigenvalue weighted by molar-refractivity contribution is -0.120. The summed E-state index contributed by atoms with van der Waals surface area (Å²) in [4.78, 5) is 15.6. The van der Waals surface area contributed by atoms with E-state index in [1.165, 1.54) is 11.4 Å². The minimum Gasteiger partial charge on any atom is -0.354 e. The van der Waals surface area contributed by atoms with Crippen molar-refractivity contribution in [3.63, 3.8) is 0 Å². The average Bonchev–Trinajstić information content (AvgIpc) is 2.28. The number of carbonyl (C=O) groups excluding carboxylic acids is 1. The Morgan fingerprint density at radius 3 is 2.72 bits per heavy atom. The number of rotatable bonds is 6. The van der Waals surface area contributed by atoms with Crippen molar-refractivity contribution in [3.8, 4) is 0 Å². The summed E-state index contributed by atoms with van der Waals surface area (Å²) < 4.78 is 23.4. The molecule has 0 unspecified atom stereocenters. The Kier molecular flexibility index (Phi) is 5.24. The number of nitrogens with one attached hydrogen (secondary N) is 1. The number of hydrogen-bond donors (Lipinski definition) is 1. The zero-order valence-electron chi connectivity index (χ0n) is 10.5. The van der Waals surface area contributed by atoms with Crippen molar-refractivity contribution in [1.82, 2.24) is 14.6 Å². The Hall–Kier alpha value is -1.47. The summed E-state index contributed by atoms with van der Waals surface area (Å²) in [6.07, 6.45) is 2.95. The van der Waals surface area contributed by atoms with Crippen molar-refractivity contribution in [2.45, 2.75) is 6.42 Å². The predicted octanol–water partition coefficient (Wildman–Crippen LogP) is -0.368. The minimum atomic E-state index is -3.19. The van der Waals surface area contributed by atoms with Gasteiger partial charge in [0.25, 0.3) is 0 Å². The molecule has 1 N–H and O–H groups in total. The van der Waals surface area contributed by atoms with Crippen LogP contribution in [0.25, 0.3) is 0 Å². The number of likely N-dealkylation sites (N-methyl/N-ethyl adjacent to an activating group) is 1. The molecular formula is C11H17N3O3S. The molecule has 0 atom stereocenters. The van der Waals surface area contributed by atoms with Crippen LogP contribution in [0, 0.1) is 0 Å². The lowest BCUT2D eigenvalue weighted by Crippen LogP contribution is -2.36. The lowest BCUT2D eigenvalue weighted by atomic mass is 10.2. The van der Waals surface area contributed by atoms with Crippen molar-refractivity contribution >= 4 is 15.9 Å². The largest absolute Gasteiger partial charge is 0.354 e. The van der Waals surface area contributed by atoms with E-state index < -0.39 is 10.0 Å². The van der Waals surface area contributed by atoms with Gasteiger partial charge in [0.1, 0.15) is 0 Å². The second-order valence-corrected chi connectivity index (χ2v) is 6.02. The van der Waals surface area contributed by atoms with E-state index in [1.54, 1.807) is 18.3 Å². The van der Waals surface area contributed by atoms with E-state index in [9.17, 15) is 13.2 Å². The van der Waals surface area contributed by atoms with Crippen molar-refractivity contribution in [1.29, 1.82) is 0 Å². The Labute approximate surface area is 107 Å². The third-order valence-electron chi connectivity index (χ3n) is 2.38. The second kappa shape index (κ2) is 6.46. The zero-order chi connectivity index (χ0) is 13.6. The van der Waals surface area contributed by atoms with Crippen molar-refractivity contribution < 1.29 is 13.2 Å². The lowest BCUT2D eigenvalue weighted by Gasteiger charge is -2.14. The highest BCUT2D eigenvalue weighted by atomic mass is 32.2. The molecule has 0 bridgehead atoms. The molecule has 0 saturated heterocycles. The van der Waals surface area contributed by atoms with E-state index in [0.717, 1.165) is 6.26 Å². The summed E-state index contributed by atoms with van der Waals surface area (Å²) in [6.45, 7) is 0.544. The standard InChI is InChI=1S/C11H17N3O3S/c1-14(18(2,16)17)8-7-13-11(15)9-10-5-3-4-6-12-10/h3-6H,7-9H2,1-2H3,(H,13,15). The monoisotopic (exact) mass is 271 g/mol. The SMILES string of the molecule is CN(CCNC(=O)Cc1ccccn1)S(C)(=O)=O. The van der Waals surface area contributed by atoms with Crippen LogP contribution in [0.3, 0.4) is 0 Å². The predicted molar refractivity (Wildman–Crippen MR) is 68.4 cm³/mol. The number of amides is 1. The van der Waals surface area contributed by atoms with E-state index in [2.05, 4.69) is 10.3 Å². The van der Waals surface area contributed by atoms with Crippen LogP contribution in [0.15, 0.2) is 24.4 Å².